The molecule has 0 aliphatic heterocycles. The molecule has 0 saturated carbocycles. The fourth-order valence-electron chi connectivity index (χ4n) is 1.71. The van der Waals surface area contributed by atoms with Gasteiger partial charge in [-0.25, -0.2) is 0 Å². The van der Waals surface area contributed by atoms with Crippen LogP contribution in [0, 0.1) is 5.41 Å². The van der Waals surface area contributed by atoms with Gasteiger partial charge in [0.05, 0.1) is 17.8 Å². The van der Waals surface area contributed by atoms with Crippen molar-refractivity contribution in [2.75, 3.05) is 20.1 Å². The lowest BCUT2D eigenvalue weighted by molar-refractivity contribution is -0.228. The Labute approximate surface area is 118 Å². The number of Topliss-reactive ketones (excluding diaryl/α,β-unsaturated/α-hetero) is 1. The molecular formula is C13H24F3N3O. The van der Waals surface area contributed by atoms with Crippen LogP contribution in [0.2, 0.25) is 0 Å². The smallest absolute Gasteiger partial charge is 0.374 e. The fourth-order valence-corrected chi connectivity index (χ4v) is 1.71. The summed E-state index contributed by atoms with van der Waals surface area (Å²) in [6.07, 6.45) is -4.45. The molecule has 4 nitrogen and oxygen atoms in total. The Kier molecular flexibility index (Phi) is 7.19. The van der Waals surface area contributed by atoms with Crippen molar-refractivity contribution in [1.82, 2.24) is 10.6 Å². The van der Waals surface area contributed by atoms with Crippen molar-refractivity contribution in [3.8, 4) is 0 Å². The van der Waals surface area contributed by atoms with E-state index in [0.717, 1.165) is 0 Å². The van der Waals surface area contributed by atoms with E-state index in [0.29, 0.717) is 5.84 Å². The predicted molar refractivity (Wildman–Crippen MR) is 74.0 cm³/mol. The second kappa shape index (κ2) is 7.61. The van der Waals surface area contributed by atoms with Crippen LogP contribution in [0.15, 0.2) is 4.99 Å². The van der Waals surface area contributed by atoms with Crippen LogP contribution in [0.4, 0.5) is 13.2 Å². The van der Waals surface area contributed by atoms with Crippen LogP contribution in [-0.2, 0) is 4.79 Å². The van der Waals surface area contributed by atoms with E-state index in [1.165, 1.54) is 20.8 Å². The van der Waals surface area contributed by atoms with Gasteiger partial charge in [-0.15, -0.1) is 0 Å². The number of alkyl halides is 3. The standard InChI is InChI=1S/C13H24F3N3O/c1-9(20)8-19-10(2)12(4,13(14,15)16)6-7-18-11(3)17-5/h10,19H,6-8H2,1-5H3,(H,17,18). The average Bonchev–Trinajstić information content (AvgIpc) is 2.33. The van der Waals surface area contributed by atoms with Gasteiger partial charge in [0.1, 0.15) is 5.78 Å². The minimum absolute atomic E-state index is 0.0598. The predicted octanol–water partition coefficient (Wildman–Crippen LogP) is 2.15. The molecule has 0 aromatic rings. The normalized spacial score (nSPS) is 17.5. The number of nitrogens with one attached hydrogen (secondary N) is 2. The molecule has 118 valence electrons. The number of hydrogen-bond acceptors (Lipinski definition) is 3. The van der Waals surface area contributed by atoms with Gasteiger partial charge in [-0.1, -0.05) is 0 Å². The van der Waals surface area contributed by atoms with Gasteiger partial charge in [0.15, 0.2) is 0 Å². The summed E-state index contributed by atoms with van der Waals surface area (Å²) in [5, 5.41) is 5.49. The van der Waals surface area contributed by atoms with E-state index in [2.05, 4.69) is 15.6 Å². The van der Waals surface area contributed by atoms with Gasteiger partial charge in [0, 0.05) is 19.6 Å². The summed E-state index contributed by atoms with van der Waals surface area (Å²) in [6.45, 7) is 5.78. The largest absolute Gasteiger partial charge is 0.395 e. The molecule has 0 aliphatic rings. The molecule has 0 saturated heterocycles. The molecule has 0 radical (unpaired) electrons. The third-order valence-electron chi connectivity index (χ3n) is 3.62. The zero-order chi connectivity index (χ0) is 16.0. The third kappa shape index (κ3) is 5.48. The van der Waals surface area contributed by atoms with Gasteiger partial charge in [-0.3, -0.25) is 9.79 Å². The maximum atomic E-state index is 13.3. The Morgan fingerprint density at radius 1 is 1.30 bits per heavy atom. The van der Waals surface area contributed by atoms with Crippen molar-refractivity contribution in [3.63, 3.8) is 0 Å². The number of nitrogens with zero attached hydrogens (tertiary/aromatic N) is 1. The van der Waals surface area contributed by atoms with Crippen molar-refractivity contribution in [3.05, 3.63) is 0 Å². The van der Waals surface area contributed by atoms with E-state index in [-0.39, 0.29) is 25.3 Å². The monoisotopic (exact) mass is 295 g/mol. The van der Waals surface area contributed by atoms with Crippen molar-refractivity contribution in [2.45, 2.75) is 46.3 Å². The molecule has 0 heterocycles. The number of amidine groups is 1. The Hall–Kier alpha value is -1.11. The van der Waals surface area contributed by atoms with Crippen LogP contribution in [0.1, 0.15) is 34.1 Å². The van der Waals surface area contributed by atoms with Gasteiger partial charge >= 0.3 is 6.18 Å². The highest BCUT2D eigenvalue weighted by Crippen LogP contribution is 2.43. The summed E-state index contributed by atoms with van der Waals surface area (Å²) in [6, 6.07) is -0.855. The Balaban J connectivity index is 4.79. The molecule has 0 aromatic heterocycles. The number of carbonyl (C=O) groups is 1. The average molecular weight is 295 g/mol. The molecule has 0 bridgehead atoms. The van der Waals surface area contributed by atoms with Crippen LogP contribution in [0.25, 0.3) is 0 Å². The number of halogens is 3. The minimum Gasteiger partial charge on any atom is -0.374 e. The van der Waals surface area contributed by atoms with Gasteiger partial charge in [-0.05, 0) is 34.1 Å². The Bertz CT molecular complexity index is 355. The highest BCUT2D eigenvalue weighted by molar-refractivity contribution is 5.79. The van der Waals surface area contributed by atoms with Gasteiger partial charge in [0.25, 0.3) is 0 Å². The molecule has 0 rings (SSSR count). The number of hydrogen-bond donors (Lipinski definition) is 2. The van der Waals surface area contributed by atoms with E-state index >= 15 is 0 Å². The first-order valence-corrected chi connectivity index (χ1v) is 6.51. The molecule has 0 fully saturated rings. The van der Waals surface area contributed by atoms with Crippen molar-refractivity contribution in [2.24, 2.45) is 10.4 Å². The summed E-state index contributed by atoms with van der Waals surface area (Å²) in [5.41, 5.74) is -1.91. The summed E-state index contributed by atoms with van der Waals surface area (Å²) >= 11 is 0. The number of ketones is 1. The highest BCUT2D eigenvalue weighted by Gasteiger charge is 2.53. The van der Waals surface area contributed by atoms with E-state index in [4.69, 9.17) is 0 Å². The van der Waals surface area contributed by atoms with Crippen LogP contribution >= 0.6 is 0 Å². The maximum absolute atomic E-state index is 13.3. The molecule has 0 amide bonds. The van der Waals surface area contributed by atoms with E-state index < -0.39 is 17.6 Å². The van der Waals surface area contributed by atoms with Crippen molar-refractivity contribution >= 4 is 11.6 Å². The summed E-state index contributed by atoms with van der Waals surface area (Å²) in [7, 11) is 1.57. The second-order valence-corrected chi connectivity index (χ2v) is 5.21. The topological polar surface area (TPSA) is 53.5 Å². The zero-order valence-corrected chi connectivity index (χ0v) is 12.7. The molecule has 2 atom stereocenters. The second-order valence-electron chi connectivity index (χ2n) is 5.21. The number of aliphatic imine (C=N–C) groups is 1. The highest BCUT2D eigenvalue weighted by atomic mass is 19.4. The van der Waals surface area contributed by atoms with Gasteiger partial charge in [0.2, 0.25) is 0 Å². The van der Waals surface area contributed by atoms with Gasteiger partial charge < -0.3 is 10.6 Å². The number of carbonyl (C=O) groups excluding carboxylic acids is 1. The number of rotatable bonds is 7. The summed E-state index contributed by atoms with van der Waals surface area (Å²) < 4.78 is 39.9. The first-order chi connectivity index (χ1) is 9.04. The molecule has 20 heavy (non-hydrogen) atoms. The fraction of sp³-hybridized carbons (Fsp3) is 0.846. The lowest BCUT2D eigenvalue weighted by Crippen LogP contribution is -2.52. The minimum atomic E-state index is -4.35. The van der Waals surface area contributed by atoms with Crippen LogP contribution in [0.3, 0.4) is 0 Å². The SMILES string of the molecule is CN=C(C)NCCC(C)(C(C)NCC(C)=O)C(F)(F)F. The van der Waals surface area contributed by atoms with Crippen molar-refractivity contribution in [1.29, 1.82) is 0 Å². The lowest BCUT2D eigenvalue weighted by Gasteiger charge is -2.38. The quantitative estimate of drug-likeness (QED) is 0.559. The zero-order valence-electron chi connectivity index (χ0n) is 12.7. The lowest BCUT2D eigenvalue weighted by atomic mass is 9.79. The van der Waals surface area contributed by atoms with E-state index in [1.54, 1.807) is 14.0 Å². The molecular weight excluding hydrogens is 271 g/mol. The Morgan fingerprint density at radius 2 is 1.85 bits per heavy atom. The van der Waals surface area contributed by atoms with E-state index in [9.17, 15) is 18.0 Å². The molecule has 2 N–H and O–H groups in total. The molecule has 0 spiro atoms. The van der Waals surface area contributed by atoms with Crippen LogP contribution in [0.5, 0.6) is 0 Å². The van der Waals surface area contributed by atoms with Crippen LogP contribution in [-0.4, -0.2) is 44.0 Å². The summed E-state index contributed by atoms with van der Waals surface area (Å²) in [5.74, 6) is 0.410. The molecule has 2 unspecified atom stereocenters. The summed E-state index contributed by atoms with van der Waals surface area (Å²) in [4.78, 5) is 14.7. The first-order valence-electron chi connectivity index (χ1n) is 6.51. The van der Waals surface area contributed by atoms with Crippen LogP contribution < -0.4 is 10.6 Å². The molecule has 0 aromatic carbocycles. The molecule has 7 heteroatoms. The third-order valence-corrected chi connectivity index (χ3v) is 3.62. The van der Waals surface area contributed by atoms with Crippen molar-refractivity contribution < 1.29 is 18.0 Å². The van der Waals surface area contributed by atoms with E-state index in [1.807, 2.05) is 0 Å². The maximum Gasteiger partial charge on any atom is 0.395 e. The first kappa shape index (κ1) is 18.9. The molecule has 0 aliphatic carbocycles. The Morgan fingerprint density at radius 3 is 2.25 bits per heavy atom. The van der Waals surface area contributed by atoms with Gasteiger partial charge in [-0.2, -0.15) is 13.2 Å².